The average Bonchev–Trinajstić information content (AvgIpc) is 2.96. The van der Waals surface area contributed by atoms with Crippen LogP contribution in [0, 0.1) is 0 Å². The fraction of sp³-hybridized carbons (Fsp3) is 0. The molecule has 6 heteroatoms. The number of rotatable bonds is 1. The highest BCUT2D eigenvalue weighted by atomic mass is 16.3. The number of nitrogens with zero attached hydrogens (tertiary/aromatic N) is 3. The van der Waals surface area contributed by atoms with Crippen molar-refractivity contribution in [1.29, 1.82) is 0 Å². The van der Waals surface area contributed by atoms with Gasteiger partial charge in [-0.3, -0.25) is 4.40 Å². The Balaban J connectivity index is 2.07. The first-order chi connectivity index (χ1) is 10.6. The fourth-order valence-electron chi connectivity index (χ4n) is 2.55. The lowest BCUT2D eigenvalue weighted by atomic mass is 10.1. The first kappa shape index (κ1) is 12.5. The average molecular weight is 292 g/mol. The monoisotopic (exact) mass is 292 g/mol. The number of aromatic nitrogens is 3. The lowest BCUT2D eigenvalue weighted by Gasteiger charge is -2.02. The molecular weight excluding hydrogens is 280 g/mol. The predicted octanol–water partition coefficient (Wildman–Crippen LogP) is 2.54. The van der Waals surface area contributed by atoms with Crippen LogP contribution < -0.4 is 5.73 Å². The van der Waals surface area contributed by atoms with E-state index >= 15 is 0 Å². The smallest absolute Gasteiger partial charge is 0.180 e. The zero-order valence-corrected chi connectivity index (χ0v) is 11.4. The topological polar surface area (TPSA) is 96.7 Å². The van der Waals surface area contributed by atoms with Gasteiger partial charge in [-0.15, -0.1) is 0 Å². The van der Waals surface area contributed by atoms with Crippen molar-refractivity contribution < 1.29 is 10.2 Å². The van der Waals surface area contributed by atoms with Gasteiger partial charge in [0, 0.05) is 11.8 Å². The molecule has 0 radical (unpaired) electrons. The maximum Gasteiger partial charge on any atom is 0.180 e. The molecule has 22 heavy (non-hydrogen) atoms. The zero-order chi connectivity index (χ0) is 15.3. The molecule has 4 N–H and O–H groups in total. The number of nitrogens with two attached hydrogens (primary N) is 1. The summed E-state index contributed by atoms with van der Waals surface area (Å²) in [6.07, 6.45) is 1.77. The molecule has 2 heterocycles. The molecule has 0 aliphatic carbocycles. The Morgan fingerprint density at radius 1 is 0.955 bits per heavy atom. The van der Waals surface area contributed by atoms with E-state index in [1.165, 1.54) is 6.07 Å². The molecule has 0 amide bonds. The first-order valence-electron chi connectivity index (χ1n) is 6.70. The summed E-state index contributed by atoms with van der Waals surface area (Å²) in [4.78, 5) is 8.77. The summed E-state index contributed by atoms with van der Waals surface area (Å²) < 4.78 is 1.83. The predicted molar refractivity (Wildman–Crippen MR) is 83.7 cm³/mol. The van der Waals surface area contributed by atoms with E-state index in [1.807, 2.05) is 28.7 Å². The quantitative estimate of drug-likeness (QED) is 0.468. The number of benzene rings is 2. The van der Waals surface area contributed by atoms with Gasteiger partial charge < -0.3 is 15.9 Å². The van der Waals surface area contributed by atoms with E-state index in [2.05, 4.69) is 9.97 Å². The molecule has 0 atom stereocenters. The molecule has 0 unspecified atom stereocenters. The van der Waals surface area contributed by atoms with Crippen LogP contribution in [-0.4, -0.2) is 24.6 Å². The lowest BCUT2D eigenvalue weighted by Crippen LogP contribution is -1.97. The number of hydrogen-bond acceptors (Lipinski definition) is 5. The maximum atomic E-state index is 10.0. The molecule has 0 saturated heterocycles. The molecule has 0 aliphatic heterocycles. The van der Waals surface area contributed by atoms with Crippen molar-refractivity contribution >= 4 is 22.5 Å². The summed E-state index contributed by atoms with van der Waals surface area (Å²) in [5, 5.41) is 19.7. The first-order valence-corrected chi connectivity index (χ1v) is 6.70. The van der Waals surface area contributed by atoms with Crippen molar-refractivity contribution in [3.63, 3.8) is 0 Å². The fourth-order valence-corrected chi connectivity index (χ4v) is 2.55. The van der Waals surface area contributed by atoms with E-state index in [-0.39, 0.29) is 11.5 Å². The van der Waals surface area contributed by atoms with Crippen LogP contribution >= 0.6 is 0 Å². The van der Waals surface area contributed by atoms with E-state index in [9.17, 15) is 10.2 Å². The van der Waals surface area contributed by atoms with Gasteiger partial charge in [-0.2, -0.15) is 0 Å². The minimum atomic E-state index is -0.207. The number of nitrogen functional groups attached to an aromatic ring is 1. The number of aromatic hydroxyl groups is 2. The normalized spacial score (nSPS) is 11.3. The second kappa shape index (κ2) is 4.36. The molecule has 0 bridgehead atoms. The Kier molecular flexibility index (Phi) is 2.47. The largest absolute Gasteiger partial charge is 0.504 e. The minimum absolute atomic E-state index is 0.189. The summed E-state index contributed by atoms with van der Waals surface area (Å²) in [6.45, 7) is 0. The summed E-state index contributed by atoms with van der Waals surface area (Å²) in [6, 6.07) is 12.3. The van der Waals surface area contributed by atoms with Crippen LogP contribution in [0.2, 0.25) is 0 Å². The van der Waals surface area contributed by atoms with Crippen molar-refractivity contribution in [3.8, 4) is 22.8 Å². The van der Waals surface area contributed by atoms with Gasteiger partial charge in [0.05, 0.1) is 16.7 Å². The standard InChI is InChI=1S/C16H12N4O2/c17-15-16-19-11(9-4-3-7-13(21)14(9)22)8-20(16)12-6-2-1-5-10(12)18-15/h1-8,21-22H,(H2,17,18). The molecule has 0 aliphatic rings. The van der Waals surface area contributed by atoms with Crippen molar-refractivity contribution in [3.05, 3.63) is 48.7 Å². The summed E-state index contributed by atoms with van der Waals surface area (Å²) in [5.41, 5.74) is 9.06. The van der Waals surface area contributed by atoms with E-state index in [0.29, 0.717) is 22.7 Å². The highest BCUT2D eigenvalue weighted by molar-refractivity contribution is 5.84. The Morgan fingerprint density at radius 2 is 1.77 bits per heavy atom. The number of phenols is 2. The second-order valence-electron chi connectivity index (χ2n) is 4.98. The molecular formula is C16H12N4O2. The Bertz CT molecular complexity index is 1020. The summed E-state index contributed by atoms with van der Waals surface area (Å²) in [7, 11) is 0. The molecule has 4 aromatic rings. The second-order valence-corrected chi connectivity index (χ2v) is 4.98. The molecule has 4 rings (SSSR count). The summed E-state index contributed by atoms with van der Waals surface area (Å²) in [5.74, 6) is -0.0863. The van der Waals surface area contributed by atoms with E-state index in [1.54, 1.807) is 18.3 Å². The molecule has 108 valence electrons. The van der Waals surface area contributed by atoms with Crippen molar-refractivity contribution in [2.24, 2.45) is 0 Å². The number of hydrogen-bond donors (Lipinski definition) is 3. The number of para-hydroxylation sites is 3. The van der Waals surface area contributed by atoms with Crippen molar-refractivity contribution in [1.82, 2.24) is 14.4 Å². The third-order valence-corrected chi connectivity index (χ3v) is 3.61. The molecule has 0 saturated carbocycles. The van der Waals surface area contributed by atoms with Gasteiger partial charge in [0.25, 0.3) is 0 Å². The highest BCUT2D eigenvalue weighted by Crippen LogP contribution is 2.36. The van der Waals surface area contributed by atoms with E-state index < -0.39 is 0 Å². The molecule has 0 spiro atoms. The third kappa shape index (κ3) is 1.67. The Morgan fingerprint density at radius 3 is 2.64 bits per heavy atom. The molecule has 2 aromatic heterocycles. The lowest BCUT2D eigenvalue weighted by molar-refractivity contribution is 0.405. The van der Waals surface area contributed by atoms with Crippen LogP contribution in [0.1, 0.15) is 0 Å². The number of imidazole rings is 1. The SMILES string of the molecule is Nc1nc2ccccc2n2cc(-c3cccc(O)c3O)nc12. The van der Waals surface area contributed by atoms with Gasteiger partial charge in [-0.25, -0.2) is 9.97 Å². The van der Waals surface area contributed by atoms with Crippen LogP contribution in [0.3, 0.4) is 0 Å². The molecule has 0 fully saturated rings. The van der Waals surface area contributed by atoms with Gasteiger partial charge in [0.1, 0.15) is 0 Å². The Hall–Kier alpha value is -3.28. The van der Waals surface area contributed by atoms with Gasteiger partial charge in [-0.1, -0.05) is 18.2 Å². The van der Waals surface area contributed by atoms with E-state index in [4.69, 9.17) is 5.73 Å². The molecule has 2 aromatic carbocycles. The summed E-state index contributed by atoms with van der Waals surface area (Å²) >= 11 is 0. The number of anilines is 1. The third-order valence-electron chi connectivity index (χ3n) is 3.61. The maximum absolute atomic E-state index is 10.0. The van der Waals surface area contributed by atoms with Crippen LogP contribution in [0.25, 0.3) is 27.9 Å². The van der Waals surface area contributed by atoms with Crippen LogP contribution in [0.15, 0.2) is 48.7 Å². The minimum Gasteiger partial charge on any atom is -0.504 e. The molecule has 6 nitrogen and oxygen atoms in total. The van der Waals surface area contributed by atoms with Gasteiger partial charge in [0.15, 0.2) is 23.0 Å². The van der Waals surface area contributed by atoms with Gasteiger partial charge in [0.2, 0.25) is 0 Å². The van der Waals surface area contributed by atoms with Crippen molar-refractivity contribution in [2.75, 3.05) is 5.73 Å². The Labute approximate surface area is 125 Å². The number of fused-ring (bicyclic) bond motifs is 3. The van der Waals surface area contributed by atoms with Crippen LogP contribution in [-0.2, 0) is 0 Å². The van der Waals surface area contributed by atoms with E-state index in [0.717, 1.165) is 11.0 Å². The van der Waals surface area contributed by atoms with Crippen molar-refractivity contribution in [2.45, 2.75) is 0 Å². The van der Waals surface area contributed by atoms with Crippen LogP contribution in [0.4, 0.5) is 5.82 Å². The van der Waals surface area contributed by atoms with Gasteiger partial charge >= 0.3 is 0 Å². The highest BCUT2D eigenvalue weighted by Gasteiger charge is 2.14. The van der Waals surface area contributed by atoms with Gasteiger partial charge in [-0.05, 0) is 24.3 Å². The van der Waals surface area contributed by atoms with Crippen LogP contribution in [0.5, 0.6) is 11.5 Å². The number of phenolic OH excluding ortho intramolecular Hbond substituents is 2. The zero-order valence-electron chi connectivity index (χ0n) is 11.4.